The second-order valence-corrected chi connectivity index (χ2v) is 4.56. The zero-order chi connectivity index (χ0) is 13.2. The van der Waals surface area contributed by atoms with Crippen LogP contribution in [-0.2, 0) is 0 Å². The zero-order valence-electron chi connectivity index (χ0n) is 10.0. The van der Waals surface area contributed by atoms with Gasteiger partial charge in [-0.25, -0.2) is 9.97 Å². The number of methoxy groups -OCH3 is 1. The lowest BCUT2D eigenvalue weighted by Crippen LogP contribution is -1.95. The van der Waals surface area contributed by atoms with E-state index >= 15 is 0 Å². The van der Waals surface area contributed by atoms with Crippen LogP contribution in [0.25, 0.3) is 11.0 Å². The quantitative estimate of drug-likeness (QED) is 0.776. The Morgan fingerprint density at radius 2 is 2.00 bits per heavy atom. The van der Waals surface area contributed by atoms with Crippen molar-refractivity contribution in [3.8, 4) is 5.75 Å². The number of nitrogens with zero attached hydrogens (tertiary/aromatic N) is 3. The van der Waals surface area contributed by atoms with Gasteiger partial charge in [0.05, 0.1) is 12.5 Å². The molecule has 2 heterocycles. The molecule has 1 aromatic carbocycles. The van der Waals surface area contributed by atoms with E-state index in [9.17, 15) is 0 Å². The minimum atomic E-state index is 0.679. The lowest BCUT2D eigenvalue weighted by atomic mass is 10.3. The number of H-pyrrole nitrogens is 1. The van der Waals surface area contributed by atoms with E-state index in [0.29, 0.717) is 16.1 Å². The number of aromatic nitrogens is 4. The van der Waals surface area contributed by atoms with Crippen molar-refractivity contribution in [1.29, 1.82) is 0 Å². The first-order valence-corrected chi connectivity index (χ1v) is 6.33. The minimum Gasteiger partial charge on any atom is -0.497 e. The van der Waals surface area contributed by atoms with Crippen molar-refractivity contribution >= 4 is 38.5 Å². The fourth-order valence-corrected chi connectivity index (χ4v) is 2.19. The van der Waals surface area contributed by atoms with Crippen molar-refractivity contribution in [2.75, 3.05) is 12.4 Å². The predicted octanol–water partition coefficient (Wildman–Crippen LogP) is 2.87. The maximum absolute atomic E-state index is 5.12. The molecule has 0 aliphatic rings. The molecule has 0 unspecified atom stereocenters. The highest BCUT2D eigenvalue weighted by atomic mass is 79.9. The van der Waals surface area contributed by atoms with Crippen LogP contribution in [0.4, 0.5) is 11.5 Å². The van der Waals surface area contributed by atoms with E-state index in [1.54, 1.807) is 7.11 Å². The number of nitrogens with one attached hydrogen (secondary N) is 2. The Morgan fingerprint density at radius 3 is 2.74 bits per heavy atom. The summed E-state index contributed by atoms with van der Waals surface area (Å²) < 4.78 is 5.80. The fraction of sp³-hybridized carbons (Fsp3) is 0.0833. The molecule has 0 fully saturated rings. The van der Waals surface area contributed by atoms with E-state index in [-0.39, 0.29) is 0 Å². The van der Waals surface area contributed by atoms with Gasteiger partial charge in [0.25, 0.3) is 0 Å². The van der Waals surface area contributed by atoms with Crippen molar-refractivity contribution < 1.29 is 4.74 Å². The molecule has 3 rings (SSSR count). The lowest BCUT2D eigenvalue weighted by molar-refractivity contribution is 0.415. The van der Waals surface area contributed by atoms with Crippen LogP contribution in [0.3, 0.4) is 0 Å². The van der Waals surface area contributed by atoms with Gasteiger partial charge in [0.15, 0.2) is 5.65 Å². The third-order valence-corrected chi connectivity index (χ3v) is 3.24. The summed E-state index contributed by atoms with van der Waals surface area (Å²) in [5.74, 6) is 1.50. The molecule has 0 saturated carbocycles. The van der Waals surface area contributed by atoms with Gasteiger partial charge in [-0.05, 0) is 40.2 Å². The summed E-state index contributed by atoms with van der Waals surface area (Å²) in [4.78, 5) is 8.35. The number of halogens is 1. The second-order valence-electron chi connectivity index (χ2n) is 3.81. The first kappa shape index (κ1) is 11.9. The van der Waals surface area contributed by atoms with Crippen molar-refractivity contribution in [3.63, 3.8) is 0 Å². The summed E-state index contributed by atoms with van der Waals surface area (Å²) in [6, 6.07) is 7.60. The van der Waals surface area contributed by atoms with Crippen LogP contribution in [0.2, 0.25) is 0 Å². The molecule has 7 heteroatoms. The van der Waals surface area contributed by atoms with Crippen LogP contribution in [0, 0.1) is 0 Å². The molecule has 6 nitrogen and oxygen atoms in total. The van der Waals surface area contributed by atoms with Crippen molar-refractivity contribution in [1.82, 2.24) is 20.2 Å². The van der Waals surface area contributed by atoms with Gasteiger partial charge < -0.3 is 10.1 Å². The Balaban J connectivity index is 1.98. The van der Waals surface area contributed by atoms with Crippen molar-refractivity contribution in [2.45, 2.75) is 0 Å². The van der Waals surface area contributed by atoms with E-state index in [0.717, 1.165) is 16.8 Å². The van der Waals surface area contributed by atoms with Crippen LogP contribution in [0.15, 0.2) is 35.2 Å². The third kappa shape index (κ3) is 2.24. The molecule has 0 atom stereocenters. The van der Waals surface area contributed by atoms with E-state index in [1.807, 2.05) is 24.3 Å². The predicted molar refractivity (Wildman–Crippen MR) is 75.7 cm³/mol. The molecule has 3 aromatic rings. The van der Waals surface area contributed by atoms with Crippen LogP contribution in [-0.4, -0.2) is 27.3 Å². The molecule has 96 valence electrons. The molecule has 19 heavy (non-hydrogen) atoms. The Kier molecular flexibility index (Phi) is 3.04. The SMILES string of the molecule is COc1ccc(Nc2ncnc3[nH]nc(Br)c23)cc1. The monoisotopic (exact) mass is 319 g/mol. The summed E-state index contributed by atoms with van der Waals surface area (Å²) in [6.45, 7) is 0. The molecule has 0 saturated heterocycles. The minimum absolute atomic E-state index is 0.679. The van der Waals surface area contributed by atoms with Gasteiger partial charge in [-0.15, -0.1) is 0 Å². The average Bonchev–Trinajstić information content (AvgIpc) is 2.83. The number of anilines is 2. The van der Waals surface area contributed by atoms with E-state index < -0.39 is 0 Å². The Morgan fingerprint density at radius 1 is 1.21 bits per heavy atom. The second kappa shape index (κ2) is 4.85. The average molecular weight is 320 g/mol. The largest absolute Gasteiger partial charge is 0.497 e. The van der Waals surface area contributed by atoms with Crippen molar-refractivity contribution in [3.05, 3.63) is 35.2 Å². The number of ether oxygens (including phenoxy) is 1. The first-order chi connectivity index (χ1) is 9.28. The molecule has 0 bridgehead atoms. The van der Waals surface area contributed by atoms with Gasteiger partial charge in [0.1, 0.15) is 22.5 Å². The van der Waals surface area contributed by atoms with E-state index in [1.165, 1.54) is 6.33 Å². The number of hydrogen-bond acceptors (Lipinski definition) is 5. The number of rotatable bonds is 3. The van der Waals surface area contributed by atoms with Gasteiger partial charge >= 0.3 is 0 Å². The van der Waals surface area contributed by atoms with E-state index in [4.69, 9.17) is 4.74 Å². The molecular formula is C12H10BrN5O. The number of aromatic amines is 1. The highest BCUT2D eigenvalue weighted by Crippen LogP contribution is 2.28. The highest BCUT2D eigenvalue weighted by molar-refractivity contribution is 9.10. The highest BCUT2D eigenvalue weighted by Gasteiger charge is 2.10. The van der Waals surface area contributed by atoms with Crippen LogP contribution >= 0.6 is 15.9 Å². The van der Waals surface area contributed by atoms with E-state index in [2.05, 4.69) is 41.4 Å². The molecule has 0 spiro atoms. The maximum atomic E-state index is 5.12. The molecule has 0 aliphatic heterocycles. The maximum Gasteiger partial charge on any atom is 0.161 e. The van der Waals surface area contributed by atoms with Gasteiger partial charge in [-0.1, -0.05) is 0 Å². The first-order valence-electron chi connectivity index (χ1n) is 5.53. The number of hydrogen-bond donors (Lipinski definition) is 2. The van der Waals surface area contributed by atoms with Crippen LogP contribution < -0.4 is 10.1 Å². The van der Waals surface area contributed by atoms with Gasteiger partial charge in [0.2, 0.25) is 0 Å². The fourth-order valence-electron chi connectivity index (χ4n) is 1.73. The van der Waals surface area contributed by atoms with Gasteiger partial charge in [-0.2, -0.15) is 5.10 Å². The summed E-state index contributed by atoms with van der Waals surface area (Å²) >= 11 is 3.37. The Bertz CT molecular complexity index is 710. The lowest BCUT2D eigenvalue weighted by Gasteiger charge is -2.07. The van der Waals surface area contributed by atoms with Gasteiger partial charge in [0, 0.05) is 5.69 Å². The Hall–Kier alpha value is -2.15. The van der Waals surface area contributed by atoms with Crippen LogP contribution in [0.1, 0.15) is 0 Å². The molecule has 2 N–H and O–H groups in total. The van der Waals surface area contributed by atoms with Crippen molar-refractivity contribution in [2.24, 2.45) is 0 Å². The molecule has 0 aliphatic carbocycles. The van der Waals surface area contributed by atoms with Crippen LogP contribution in [0.5, 0.6) is 5.75 Å². The summed E-state index contributed by atoms with van der Waals surface area (Å²) in [6.07, 6.45) is 1.48. The summed E-state index contributed by atoms with van der Waals surface area (Å²) in [5.41, 5.74) is 1.59. The summed E-state index contributed by atoms with van der Waals surface area (Å²) in [5, 5.41) is 10.9. The molecule has 2 aromatic heterocycles. The smallest absolute Gasteiger partial charge is 0.161 e. The topological polar surface area (TPSA) is 75.7 Å². The molecule has 0 radical (unpaired) electrons. The number of fused-ring (bicyclic) bond motifs is 1. The Labute approximate surface area is 117 Å². The van der Waals surface area contributed by atoms with Gasteiger partial charge in [-0.3, -0.25) is 5.10 Å². The zero-order valence-corrected chi connectivity index (χ0v) is 11.6. The summed E-state index contributed by atoms with van der Waals surface area (Å²) in [7, 11) is 1.64. The molecule has 0 amide bonds. The normalized spacial score (nSPS) is 10.6. The standard InChI is InChI=1S/C12H10BrN5O/c1-19-8-4-2-7(3-5-8)16-11-9-10(13)17-18-12(9)15-6-14-11/h2-6H,1H3,(H2,14,15,16,17,18). The molecular weight excluding hydrogens is 310 g/mol. The third-order valence-electron chi connectivity index (χ3n) is 2.67. The number of benzene rings is 1.